The normalized spacial score (nSPS) is 28.9. The highest BCUT2D eigenvalue weighted by molar-refractivity contribution is 5.95. The van der Waals surface area contributed by atoms with Gasteiger partial charge in [0.2, 0.25) is 0 Å². The molecule has 2 aliphatic rings. The fraction of sp³-hybridized carbons (Fsp3) is 0.611. The van der Waals surface area contributed by atoms with E-state index in [1.54, 1.807) is 0 Å². The molecule has 0 aliphatic carbocycles. The Hall–Kier alpha value is -1.39. The predicted molar refractivity (Wildman–Crippen MR) is 84.9 cm³/mol. The lowest BCUT2D eigenvalue weighted by Crippen LogP contribution is -2.48. The molecule has 0 spiro atoms. The molecule has 3 atom stereocenters. The van der Waals surface area contributed by atoms with Crippen molar-refractivity contribution in [3.05, 3.63) is 34.9 Å². The van der Waals surface area contributed by atoms with Gasteiger partial charge in [-0.05, 0) is 45.2 Å². The molecule has 1 aromatic carbocycles. The number of carbonyl (C=O) groups excluding carboxylic acids is 1. The van der Waals surface area contributed by atoms with E-state index in [0.29, 0.717) is 19.6 Å². The molecule has 1 aromatic rings. The van der Waals surface area contributed by atoms with Crippen molar-refractivity contribution in [1.29, 1.82) is 0 Å². The van der Waals surface area contributed by atoms with Crippen LogP contribution in [0.25, 0.3) is 0 Å². The molecule has 0 bridgehead atoms. The number of aliphatic hydroxyl groups excluding tert-OH is 1. The zero-order chi connectivity index (χ0) is 15.7. The predicted octanol–water partition coefficient (Wildman–Crippen LogP) is 2.31. The molecule has 1 amide bonds. The first-order valence-corrected chi connectivity index (χ1v) is 8.21. The van der Waals surface area contributed by atoms with Crippen LogP contribution in [0.1, 0.15) is 40.7 Å². The smallest absolute Gasteiger partial charge is 0.254 e. The molecule has 2 saturated heterocycles. The Morgan fingerprint density at radius 3 is 2.64 bits per heavy atom. The molecule has 0 unspecified atom stereocenters. The highest BCUT2D eigenvalue weighted by atomic mass is 16.5. The van der Waals surface area contributed by atoms with Crippen molar-refractivity contribution in [3.63, 3.8) is 0 Å². The summed E-state index contributed by atoms with van der Waals surface area (Å²) >= 11 is 0. The number of hydrogen-bond donors (Lipinski definition) is 1. The van der Waals surface area contributed by atoms with E-state index in [9.17, 15) is 9.90 Å². The summed E-state index contributed by atoms with van der Waals surface area (Å²) in [5, 5.41) is 10.3. The fourth-order valence-electron chi connectivity index (χ4n) is 3.87. The number of nitrogens with zero attached hydrogens (tertiary/aromatic N) is 1. The van der Waals surface area contributed by atoms with Gasteiger partial charge in [0.1, 0.15) is 0 Å². The Morgan fingerprint density at radius 1 is 1.23 bits per heavy atom. The largest absolute Gasteiger partial charge is 0.393 e. The second-order valence-corrected chi connectivity index (χ2v) is 6.68. The summed E-state index contributed by atoms with van der Waals surface area (Å²) < 4.78 is 5.54. The summed E-state index contributed by atoms with van der Waals surface area (Å²) in [5.41, 5.74) is 2.98. The molecular formula is C18H25NO3. The summed E-state index contributed by atoms with van der Waals surface area (Å²) in [6.07, 6.45) is 2.28. The molecule has 2 aliphatic heterocycles. The standard InChI is InChI=1S/C18H25NO3/c1-12-8-13(2)10-14(9-12)18(21)19-6-3-4-16(19)15-11-22-7-5-17(15)20/h8-10,15-17,20H,3-7,11H2,1-2H3/t15-,16+,17-/m0/s1. The molecule has 2 fully saturated rings. The van der Waals surface area contributed by atoms with Crippen molar-refractivity contribution < 1.29 is 14.6 Å². The average Bonchev–Trinajstić information content (AvgIpc) is 2.95. The molecule has 1 N–H and O–H groups in total. The minimum absolute atomic E-state index is 0.0473. The molecule has 2 heterocycles. The first-order chi connectivity index (χ1) is 10.6. The molecule has 3 rings (SSSR count). The maximum atomic E-state index is 12.9. The number of likely N-dealkylation sites (tertiary alicyclic amines) is 1. The van der Waals surface area contributed by atoms with Crippen LogP contribution in [0.2, 0.25) is 0 Å². The Kier molecular flexibility index (Phi) is 4.50. The van der Waals surface area contributed by atoms with Gasteiger partial charge in [-0.2, -0.15) is 0 Å². The third-order valence-corrected chi connectivity index (χ3v) is 4.89. The van der Waals surface area contributed by atoms with Crippen LogP contribution in [0.5, 0.6) is 0 Å². The van der Waals surface area contributed by atoms with Gasteiger partial charge in [-0.15, -0.1) is 0 Å². The van der Waals surface area contributed by atoms with Crippen LogP contribution in [-0.4, -0.2) is 47.8 Å². The van der Waals surface area contributed by atoms with E-state index < -0.39 is 0 Å². The lowest BCUT2D eigenvalue weighted by Gasteiger charge is -2.37. The van der Waals surface area contributed by atoms with Crippen LogP contribution in [0, 0.1) is 19.8 Å². The van der Waals surface area contributed by atoms with Gasteiger partial charge < -0.3 is 14.7 Å². The van der Waals surface area contributed by atoms with Crippen LogP contribution in [-0.2, 0) is 4.74 Å². The highest BCUT2D eigenvalue weighted by Gasteiger charge is 2.39. The SMILES string of the molecule is Cc1cc(C)cc(C(=O)N2CCC[C@@H]2[C@@H]2COCC[C@@H]2O)c1. The van der Waals surface area contributed by atoms with Crippen LogP contribution < -0.4 is 0 Å². The summed E-state index contributed by atoms with van der Waals surface area (Å²) in [6.45, 7) is 5.99. The summed E-state index contributed by atoms with van der Waals surface area (Å²) in [6, 6.07) is 6.09. The van der Waals surface area contributed by atoms with E-state index in [4.69, 9.17) is 4.74 Å². The first kappa shape index (κ1) is 15.5. The lowest BCUT2D eigenvalue weighted by molar-refractivity contribution is -0.0589. The summed E-state index contributed by atoms with van der Waals surface area (Å²) in [5.74, 6) is 0.137. The topological polar surface area (TPSA) is 49.8 Å². The number of aryl methyl sites for hydroxylation is 2. The molecular weight excluding hydrogens is 278 g/mol. The maximum Gasteiger partial charge on any atom is 0.254 e. The van der Waals surface area contributed by atoms with Gasteiger partial charge in [-0.25, -0.2) is 0 Å². The zero-order valence-corrected chi connectivity index (χ0v) is 13.4. The van der Waals surface area contributed by atoms with Crippen molar-refractivity contribution >= 4 is 5.91 Å². The minimum Gasteiger partial charge on any atom is -0.393 e. The minimum atomic E-state index is -0.355. The number of benzene rings is 1. The maximum absolute atomic E-state index is 12.9. The molecule has 0 saturated carbocycles. The second kappa shape index (κ2) is 6.39. The van der Waals surface area contributed by atoms with Crippen molar-refractivity contribution in [2.45, 2.75) is 45.3 Å². The number of aliphatic hydroxyl groups is 1. The van der Waals surface area contributed by atoms with Crippen LogP contribution in [0.4, 0.5) is 0 Å². The summed E-state index contributed by atoms with van der Waals surface area (Å²) in [7, 11) is 0. The Balaban J connectivity index is 1.81. The Bertz CT molecular complexity index is 537. The van der Waals surface area contributed by atoms with Gasteiger partial charge in [-0.3, -0.25) is 4.79 Å². The van der Waals surface area contributed by atoms with E-state index in [0.717, 1.165) is 36.1 Å². The van der Waals surface area contributed by atoms with Crippen molar-refractivity contribution in [3.8, 4) is 0 Å². The first-order valence-electron chi connectivity index (χ1n) is 8.21. The molecule has 0 aromatic heterocycles. The van der Waals surface area contributed by atoms with Gasteiger partial charge in [0.05, 0.1) is 12.7 Å². The lowest BCUT2D eigenvalue weighted by atomic mass is 9.89. The third-order valence-electron chi connectivity index (χ3n) is 4.89. The van der Waals surface area contributed by atoms with Gasteiger partial charge in [0.15, 0.2) is 0 Å². The van der Waals surface area contributed by atoms with Crippen LogP contribution in [0.3, 0.4) is 0 Å². The fourth-order valence-corrected chi connectivity index (χ4v) is 3.87. The van der Waals surface area contributed by atoms with E-state index in [1.165, 1.54) is 0 Å². The van der Waals surface area contributed by atoms with Gasteiger partial charge in [-0.1, -0.05) is 17.2 Å². The van der Waals surface area contributed by atoms with Gasteiger partial charge in [0, 0.05) is 30.7 Å². The van der Waals surface area contributed by atoms with E-state index >= 15 is 0 Å². The number of rotatable bonds is 2. The Labute approximate surface area is 132 Å². The van der Waals surface area contributed by atoms with E-state index in [-0.39, 0.29) is 24.0 Å². The highest BCUT2D eigenvalue weighted by Crippen LogP contribution is 2.31. The molecule has 0 radical (unpaired) electrons. The van der Waals surface area contributed by atoms with Crippen molar-refractivity contribution in [2.24, 2.45) is 5.92 Å². The zero-order valence-electron chi connectivity index (χ0n) is 13.4. The second-order valence-electron chi connectivity index (χ2n) is 6.68. The molecule has 4 nitrogen and oxygen atoms in total. The average molecular weight is 303 g/mol. The number of ether oxygens (including phenoxy) is 1. The van der Waals surface area contributed by atoms with Crippen LogP contribution >= 0.6 is 0 Å². The molecule has 22 heavy (non-hydrogen) atoms. The Morgan fingerprint density at radius 2 is 1.95 bits per heavy atom. The molecule has 120 valence electrons. The van der Waals surface area contributed by atoms with Gasteiger partial charge >= 0.3 is 0 Å². The number of amides is 1. The number of carbonyl (C=O) groups is 1. The van der Waals surface area contributed by atoms with E-state index in [2.05, 4.69) is 6.07 Å². The van der Waals surface area contributed by atoms with E-state index in [1.807, 2.05) is 30.9 Å². The monoisotopic (exact) mass is 303 g/mol. The van der Waals surface area contributed by atoms with Crippen molar-refractivity contribution in [1.82, 2.24) is 4.90 Å². The number of hydrogen-bond acceptors (Lipinski definition) is 3. The third kappa shape index (κ3) is 3.03. The van der Waals surface area contributed by atoms with Gasteiger partial charge in [0.25, 0.3) is 5.91 Å². The van der Waals surface area contributed by atoms with Crippen LogP contribution in [0.15, 0.2) is 18.2 Å². The summed E-state index contributed by atoms with van der Waals surface area (Å²) in [4.78, 5) is 14.9. The molecule has 4 heteroatoms. The quantitative estimate of drug-likeness (QED) is 0.912. The van der Waals surface area contributed by atoms with Crippen molar-refractivity contribution in [2.75, 3.05) is 19.8 Å².